The number of hydrogen-bond acceptors (Lipinski definition) is 4. The van der Waals surface area contributed by atoms with Gasteiger partial charge in [-0.25, -0.2) is 0 Å². The highest BCUT2D eigenvalue weighted by molar-refractivity contribution is 6.32. The van der Waals surface area contributed by atoms with Crippen molar-refractivity contribution in [2.75, 3.05) is 0 Å². The number of rotatable bonds is 2. The summed E-state index contributed by atoms with van der Waals surface area (Å²) >= 11 is 0. The molecule has 0 aliphatic carbocycles. The quantitative estimate of drug-likeness (QED) is 0.328. The van der Waals surface area contributed by atoms with Crippen molar-refractivity contribution in [1.29, 1.82) is 0 Å². The van der Waals surface area contributed by atoms with Gasteiger partial charge in [-0.2, -0.15) is 9.75 Å². The average molecular weight is 254 g/mol. The van der Waals surface area contributed by atoms with E-state index in [1.807, 2.05) is 20.8 Å². The molecule has 18 heavy (non-hydrogen) atoms. The lowest BCUT2D eigenvalue weighted by molar-refractivity contribution is -0.557. The van der Waals surface area contributed by atoms with Gasteiger partial charge in [-0.3, -0.25) is 4.99 Å². The lowest BCUT2D eigenvalue weighted by atomic mass is 9.98. The highest BCUT2D eigenvalue weighted by Crippen LogP contribution is 2.34. The van der Waals surface area contributed by atoms with Gasteiger partial charge in [0, 0.05) is 13.8 Å². The van der Waals surface area contributed by atoms with Gasteiger partial charge in [0.25, 0.3) is 5.66 Å². The number of nitroso groups, excluding NO2 is 1. The summed E-state index contributed by atoms with van der Waals surface area (Å²) in [5.41, 5.74) is -1.58. The molecule has 0 amide bonds. The minimum absolute atomic E-state index is 0.268. The molecule has 0 radical (unpaired) electrons. The number of nitrogens with zero attached hydrogens (tertiary/aromatic N) is 4. The summed E-state index contributed by atoms with van der Waals surface area (Å²) in [5.74, 6) is 0. The van der Waals surface area contributed by atoms with Gasteiger partial charge in [-0.15, -0.1) is 4.91 Å². The molecule has 1 aliphatic heterocycles. The summed E-state index contributed by atoms with van der Waals surface area (Å²) in [5, 5.41) is 16.5. The van der Waals surface area contributed by atoms with Crippen molar-refractivity contribution < 1.29 is 4.74 Å². The van der Waals surface area contributed by atoms with E-state index in [0.29, 0.717) is 5.71 Å². The van der Waals surface area contributed by atoms with Gasteiger partial charge in [0.05, 0.1) is 17.0 Å². The zero-order chi connectivity index (χ0) is 14.4. The molecule has 0 fully saturated rings. The molecule has 0 aromatic heterocycles. The second kappa shape index (κ2) is 4.03. The summed E-state index contributed by atoms with van der Waals surface area (Å²) in [7, 11) is 0. The number of hydrogen-bond donors (Lipinski definition) is 0. The molecule has 0 spiro atoms. The van der Waals surface area contributed by atoms with E-state index < -0.39 is 11.2 Å². The van der Waals surface area contributed by atoms with Crippen LogP contribution in [0.4, 0.5) is 0 Å². The summed E-state index contributed by atoms with van der Waals surface area (Å²) in [6.07, 6.45) is 1.56. The van der Waals surface area contributed by atoms with Crippen LogP contribution in [0.5, 0.6) is 0 Å². The molecule has 0 aromatic carbocycles. The van der Waals surface area contributed by atoms with Gasteiger partial charge < -0.3 is 5.21 Å². The van der Waals surface area contributed by atoms with Gasteiger partial charge in [-0.05, 0) is 34.6 Å². The molecule has 1 heterocycles. The first-order valence-corrected chi connectivity index (χ1v) is 5.98. The van der Waals surface area contributed by atoms with Crippen LogP contribution in [0, 0.1) is 10.1 Å². The zero-order valence-electron chi connectivity index (χ0n) is 12.2. The van der Waals surface area contributed by atoms with Gasteiger partial charge in [-0.1, -0.05) is 0 Å². The maximum atomic E-state index is 12.3. The van der Waals surface area contributed by atoms with E-state index in [4.69, 9.17) is 0 Å². The molecule has 6 nitrogen and oxygen atoms in total. The second-order valence-corrected chi connectivity index (χ2v) is 6.56. The minimum Gasteiger partial charge on any atom is -0.622 e. The van der Waals surface area contributed by atoms with Gasteiger partial charge >= 0.3 is 0 Å². The standard InChI is InChI=1S/C12H22N4O2/c1-10(2,3)13-8-9-11(4,5)16(14-17)12(6,7)15(9)18/h8H,1-7H3. The molecule has 0 N–H and O–H groups in total. The third kappa shape index (κ3) is 2.23. The highest BCUT2D eigenvalue weighted by atomic mass is 16.5. The van der Waals surface area contributed by atoms with Crippen molar-refractivity contribution in [3.8, 4) is 0 Å². The van der Waals surface area contributed by atoms with Gasteiger partial charge in [0.2, 0.25) is 5.71 Å². The predicted molar refractivity (Wildman–Crippen MR) is 72.7 cm³/mol. The normalized spacial score (nSPS) is 22.9. The van der Waals surface area contributed by atoms with Crippen LogP contribution in [0.2, 0.25) is 0 Å². The molecule has 0 atom stereocenters. The van der Waals surface area contributed by atoms with Crippen LogP contribution in [0.1, 0.15) is 48.5 Å². The van der Waals surface area contributed by atoms with E-state index in [9.17, 15) is 10.1 Å². The first-order valence-electron chi connectivity index (χ1n) is 5.98. The Bertz CT molecular complexity index is 416. The Balaban J connectivity index is 3.29. The zero-order valence-corrected chi connectivity index (χ0v) is 12.2. The van der Waals surface area contributed by atoms with Crippen LogP contribution in [0.3, 0.4) is 0 Å². The third-order valence-electron chi connectivity index (χ3n) is 3.05. The molecule has 0 bridgehead atoms. The predicted octanol–water partition coefficient (Wildman–Crippen LogP) is 2.32. The van der Waals surface area contributed by atoms with E-state index >= 15 is 0 Å². The van der Waals surface area contributed by atoms with Gasteiger partial charge in [0.1, 0.15) is 5.54 Å². The van der Waals surface area contributed by atoms with Crippen molar-refractivity contribution in [2.24, 2.45) is 10.3 Å². The van der Waals surface area contributed by atoms with E-state index in [1.54, 1.807) is 33.9 Å². The first-order chi connectivity index (χ1) is 7.94. The molecule has 0 aromatic rings. The molecule has 0 saturated carbocycles. The largest absolute Gasteiger partial charge is 0.622 e. The lowest BCUT2D eigenvalue weighted by Crippen LogP contribution is -2.50. The molecule has 0 unspecified atom stereocenters. The third-order valence-corrected chi connectivity index (χ3v) is 3.05. The minimum atomic E-state index is -0.996. The first kappa shape index (κ1) is 14.6. The van der Waals surface area contributed by atoms with Crippen LogP contribution < -0.4 is 0 Å². The van der Waals surface area contributed by atoms with Crippen molar-refractivity contribution >= 4 is 11.9 Å². The maximum absolute atomic E-state index is 12.3. The molecular weight excluding hydrogens is 232 g/mol. The fourth-order valence-electron chi connectivity index (χ4n) is 2.09. The smallest absolute Gasteiger partial charge is 0.261 e. The summed E-state index contributed by atoms with van der Waals surface area (Å²) in [6.45, 7) is 12.8. The fraction of sp³-hybridized carbons (Fsp3) is 0.833. The molecule has 0 saturated heterocycles. The Labute approximate surface area is 108 Å². The van der Waals surface area contributed by atoms with E-state index in [-0.39, 0.29) is 5.54 Å². The van der Waals surface area contributed by atoms with Crippen molar-refractivity contribution in [1.82, 2.24) is 5.01 Å². The number of aliphatic imine (C=N–C) groups is 1. The maximum Gasteiger partial charge on any atom is 0.261 e. The Hall–Kier alpha value is -1.46. The van der Waals surface area contributed by atoms with Crippen LogP contribution in [0.25, 0.3) is 0 Å². The molecule has 1 rings (SSSR count). The van der Waals surface area contributed by atoms with Gasteiger partial charge in [0.15, 0.2) is 0 Å². The van der Waals surface area contributed by atoms with E-state index in [2.05, 4.69) is 10.3 Å². The molecule has 6 heteroatoms. The number of hydroxylamine groups is 1. The Morgan fingerprint density at radius 1 is 1.28 bits per heavy atom. The van der Waals surface area contributed by atoms with E-state index in [1.165, 1.54) is 5.01 Å². The Kier molecular flexibility index (Phi) is 3.27. The van der Waals surface area contributed by atoms with Crippen LogP contribution in [0.15, 0.2) is 10.3 Å². The van der Waals surface area contributed by atoms with Crippen molar-refractivity contribution in [2.45, 2.75) is 65.2 Å². The Morgan fingerprint density at radius 3 is 2.11 bits per heavy atom. The lowest BCUT2D eigenvalue weighted by Gasteiger charge is -2.30. The van der Waals surface area contributed by atoms with Crippen LogP contribution in [-0.2, 0) is 0 Å². The monoisotopic (exact) mass is 254 g/mol. The molecule has 102 valence electrons. The van der Waals surface area contributed by atoms with Crippen LogP contribution in [-0.4, -0.2) is 38.4 Å². The summed E-state index contributed by atoms with van der Waals surface area (Å²) < 4.78 is 0.809. The molecule has 1 aliphatic rings. The highest BCUT2D eigenvalue weighted by Gasteiger charge is 2.57. The van der Waals surface area contributed by atoms with E-state index in [0.717, 1.165) is 4.74 Å². The topological polar surface area (TPSA) is 71.1 Å². The second-order valence-electron chi connectivity index (χ2n) is 6.56. The van der Waals surface area contributed by atoms with Crippen molar-refractivity contribution in [3.63, 3.8) is 0 Å². The summed E-state index contributed by atoms with van der Waals surface area (Å²) in [4.78, 5) is 15.3. The van der Waals surface area contributed by atoms with Crippen molar-refractivity contribution in [3.05, 3.63) is 10.1 Å². The Morgan fingerprint density at radius 2 is 1.78 bits per heavy atom. The SMILES string of the molecule is CC(C)(C)N=CC1=[N+]([O-])C(C)(C)N(N=O)C1(C)C. The summed E-state index contributed by atoms with van der Waals surface area (Å²) in [6, 6.07) is 0. The molecular formula is C12H22N4O2. The van der Waals surface area contributed by atoms with Crippen LogP contribution >= 0.6 is 0 Å². The fourth-order valence-corrected chi connectivity index (χ4v) is 2.09. The average Bonchev–Trinajstić information content (AvgIpc) is 2.26.